The highest BCUT2D eigenvalue weighted by atomic mass is 16.5. The molecular weight excluding hydrogens is 320 g/mol. The molecule has 0 saturated heterocycles. The van der Waals surface area contributed by atoms with Gasteiger partial charge in [0.15, 0.2) is 0 Å². The summed E-state index contributed by atoms with van der Waals surface area (Å²) < 4.78 is 5.10. The van der Waals surface area contributed by atoms with E-state index in [0.29, 0.717) is 0 Å². The van der Waals surface area contributed by atoms with E-state index in [4.69, 9.17) is 4.74 Å². The van der Waals surface area contributed by atoms with Crippen LogP contribution >= 0.6 is 0 Å². The van der Waals surface area contributed by atoms with Crippen LogP contribution in [0, 0.1) is 5.92 Å². The molecule has 0 radical (unpaired) electrons. The molecule has 4 rings (SSSR count). The molecule has 1 aliphatic rings. The third-order valence-corrected chi connectivity index (χ3v) is 4.92. The number of hydrogen-bond donors (Lipinski definition) is 0. The van der Waals surface area contributed by atoms with Crippen molar-refractivity contribution in [2.75, 3.05) is 7.11 Å². The minimum atomic E-state index is -0.224. The quantitative estimate of drug-likeness (QED) is 0.620. The van der Waals surface area contributed by atoms with E-state index >= 15 is 0 Å². The SMILES string of the molecule is COC(=O)[C@@H]1C(=C(c2ccccc2)c2ccccc2)[C@@H]1c1ccccc1. The summed E-state index contributed by atoms with van der Waals surface area (Å²) in [6.45, 7) is 0. The summed E-state index contributed by atoms with van der Waals surface area (Å²) in [5.74, 6) is -0.324. The summed E-state index contributed by atoms with van der Waals surface area (Å²) >= 11 is 0. The van der Waals surface area contributed by atoms with Crippen LogP contribution in [0.2, 0.25) is 0 Å². The zero-order valence-corrected chi connectivity index (χ0v) is 14.6. The largest absolute Gasteiger partial charge is 0.469 e. The van der Waals surface area contributed by atoms with Gasteiger partial charge in [0.1, 0.15) is 0 Å². The van der Waals surface area contributed by atoms with Crippen molar-refractivity contribution in [1.29, 1.82) is 0 Å². The van der Waals surface area contributed by atoms with E-state index in [2.05, 4.69) is 36.4 Å². The van der Waals surface area contributed by atoms with Crippen molar-refractivity contribution in [2.24, 2.45) is 5.92 Å². The summed E-state index contributed by atoms with van der Waals surface area (Å²) in [7, 11) is 1.46. The average Bonchev–Trinajstić information content (AvgIpc) is 3.45. The molecular formula is C24H20O2. The first-order valence-corrected chi connectivity index (χ1v) is 8.79. The Bertz CT molecular complexity index is 886. The van der Waals surface area contributed by atoms with Gasteiger partial charge in [0, 0.05) is 5.92 Å². The van der Waals surface area contributed by atoms with Gasteiger partial charge in [-0.15, -0.1) is 0 Å². The first-order chi connectivity index (χ1) is 12.8. The Kier molecular flexibility index (Phi) is 4.40. The van der Waals surface area contributed by atoms with Crippen LogP contribution in [0.3, 0.4) is 0 Å². The van der Waals surface area contributed by atoms with Crippen LogP contribution in [0.4, 0.5) is 0 Å². The van der Waals surface area contributed by atoms with Gasteiger partial charge in [-0.2, -0.15) is 0 Å². The van der Waals surface area contributed by atoms with Gasteiger partial charge in [-0.05, 0) is 27.8 Å². The predicted octanol–water partition coefficient (Wildman–Crippen LogP) is 5.08. The number of esters is 1. The molecule has 26 heavy (non-hydrogen) atoms. The Labute approximate surface area is 153 Å². The van der Waals surface area contributed by atoms with Gasteiger partial charge in [0.05, 0.1) is 13.0 Å². The second kappa shape index (κ2) is 7.01. The fourth-order valence-corrected chi connectivity index (χ4v) is 3.71. The summed E-state index contributed by atoms with van der Waals surface area (Å²) in [5, 5.41) is 0. The van der Waals surface area contributed by atoms with Gasteiger partial charge in [0.2, 0.25) is 0 Å². The van der Waals surface area contributed by atoms with Crippen LogP contribution in [-0.4, -0.2) is 13.1 Å². The standard InChI is InChI=1S/C24H20O2/c1-26-24(25)23-21(19-15-9-4-10-16-19)22(23)20(17-11-5-2-6-12-17)18-13-7-3-8-14-18/h2-16,21,23H,1H3/t21-,23-/m0/s1. The normalized spacial score (nSPS) is 18.3. The molecule has 0 bridgehead atoms. The lowest BCUT2D eigenvalue weighted by atomic mass is 9.95. The smallest absolute Gasteiger partial charge is 0.313 e. The Morgan fingerprint density at radius 2 is 1.19 bits per heavy atom. The van der Waals surface area contributed by atoms with E-state index in [0.717, 1.165) is 27.8 Å². The topological polar surface area (TPSA) is 26.3 Å². The second-order valence-electron chi connectivity index (χ2n) is 6.45. The molecule has 3 aromatic carbocycles. The molecule has 0 amide bonds. The fourth-order valence-electron chi connectivity index (χ4n) is 3.71. The molecule has 3 aromatic rings. The van der Waals surface area contributed by atoms with Gasteiger partial charge in [-0.3, -0.25) is 4.79 Å². The molecule has 0 N–H and O–H groups in total. The molecule has 1 fully saturated rings. The van der Waals surface area contributed by atoms with E-state index < -0.39 is 0 Å². The van der Waals surface area contributed by atoms with Gasteiger partial charge < -0.3 is 4.74 Å². The summed E-state index contributed by atoms with van der Waals surface area (Å²) in [6.07, 6.45) is 0. The number of hydrogen-bond acceptors (Lipinski definition) is 2. The molecule has 0 aromatic heterocycles. The molecule has 0 unspecified atom stereocenters. The number of benzene rings is 3. The Morgan fingerprint density at radius 3 is 1.65 bits per heavy atom. The lowest BCUT2D eigenvalue weighted by Crippen LogP contribution is -2.04. The second-order valence-corrected chi connectivity index (χ2v) is 6.45. The molecule has 2 nitrogen and oxygen atoms in total. The average molecular weight is 340 g/mol. The molecule has 0 aliphatic heterocycles. The van der Waals surface area contributed by atoms with Crippen molar-refractivity contribution in [1.82, 2.24) is 0 Å². The van der Waals surface area contributed by atoms with Crippen molar-refractivity contribution in [2.45, 2.75) is 5.92 Å². The number of carbonyl (C=O) groups is 1. The summed E-state index contributed by atoms with van der Waals surface area (Å²) in [6, 6.07) is 30.8. The number of carbonyl (C=O) groups excluding carboxylic acids is 1. The van der Waals surface area contributed by atoms with Crippen molar-refractivity contribution in [3.63, 3.8) is 0 Å². The highest BCUT2D eigenvalue weighted by Gasteiger charge is 2.53. The first kappa shape index (κ1) is 16.3. The summed E-state index contributed by atoms with van der Waals surface area (Å²) in [4.78, 5) is 12.5. The lowest BCUT2D eigenvalue weighted by Gasteiger charge is -2.09. The minimum absolute atomic E-state index is 0.0686. The molecule has 1 saturated carbocycles. The van der Waals surface area contributed by atoms with E-state index in [-0.39, 0.29) is 17.8 Å². The number of ether oxygens (including phenoxy) is 1. The molecule has 1 aliphatic carbocycles. The van der Waals surface area contributed by atoms with E-state index in [9.17, 15) is 4.79 Å². The molecule has 128 valence electrons. The van der Waals surface area contributed by atoms with Crippen LogP contribution in [0.25, 0.3) is 5.57 Å². The fraction of sp³-hybridized carbons (Fsp3) is 0.125. The van der Waals surface area contributed by atoms with E-state index in [1.807, 2.05) is 54.6 Å². The monoisotopic (exact) mass is 340 g/mol. The van der Waals surface area contributed by atoms with Gasteiger partial charge >= 0.3 is 5.97 Å². The van der Waals surface area contributed by atoms with Crippen LogP contribution < -0.4 is 0 Å². The maximum Gasteiger partial charge on any atom is 0.313 e. The lowest BCUT2D eigenvalue weighted by molar-refractivity contribution is -0.141. The maximum absolute atomic E-state index is 12.5. The van der Waals surface area contributed by atoms with Crippen LogP contribution in [-0.2, 0) is 9.53 Å². The van der Waals surface area contributed by atoms with Crippen molar-refractivity contribution < 1.29 is 9.53 Å². The molecule has 0 spiro atoms. The molecule has 2 atom stereocenters. The van der Waals surface area contributed by atoms with Crippen molar-refractivity contribution >= 4 is 11.5 Å². The summed E-state index contributed by atoms with van der Waals surface area (Å²) in [5.41, 5.74) is 5.68. The predicted molar refractivity (Wildman–Crippen MR) is 104 cm³/mol. The molecule has 2 heteroatoms. The van der Waals surface area contributed by atoms with Crippen LogP contribution in [0.5, 0.6) is 0 Å². The van der Waals surface area contributed by atoms with Crippen LogP contribution in [0.15, 0.2) is 96.6 Å². The zero-order chi connectivity index (χ0) is 17.9. The Hall–Kier alpha value is -3.13. The zero-order valence-electron chi connectivity index (χ0n) is 14.6. The number of rotatable bonds is 4. The van der Waals surface area contributed by atoms with Crippen LogP contribution in [0.1, 0.15) is 22.6 Å². The van der Waals surface area contributed by atoms with Crippen molar-refractivity contribution in [3.8, 4) is 0 Å². The Balaban J connectivity index is 1.92. The third kappa shape index (κ3) is 2.95. The van der Waals surface area contributed by atoms with Gasteiger partial charge in [-0.25, -0.2) is 0 Å². The molecule has 0 heterocycles. The number of methoxy groups -OCH3 is 1. The highest BCUT2D eigenvalue weighted by molar-refractivity contribution is 5.95. The van der Waals surface area contributed by atoms with Gasteiger partial charge in [-0.1, -0.05) is 91.0 Å². The maximum atomic E-state index is 12.5. The highest BCUT2D eigenvalue weighted by Crippen LogP contribution is 2.58. The first-order valence-electron chi connectivity index (χ1n) is 8.79. The van der Waals surface area contributed by atoms with E-state index in [1.54, 1.807) is 0 Å². The van der Waals surface area contributed by atoms with Gasteiger partial charge in [0.25, 0.3) is 0 Å². The van der Waals surface area contributed by atoms with E-state index in [1.165, 1.54) is 7.11 Å². The van der Waals surface area contributed by atoms with Crippen molar-refractivity contribution in [3.05, 3.63) is 113 Å². The minimum Gasteiger partial charge on any atom is -0.469 e. The Morgan fingerprint density at radius 1 is 0.731 bits per heavy atom. The third-order valence-electron chi connectivity index (χ3n) is 4.92.